The average Bonchev–Trinajstić information content (AvgIpc) is 3.01. The van der Waals surface area contributed by atoms with E-state index < -0.39 is 59.2 Å². The van der Waals surface area contributed by atoms with Crippen molar-refractivity contribution in [1.82, 2.24) is 5.32 Å². The van der Waals surface area contributed by atoms with E-state index in [1.807, 2.05) is 30.6 Å². The van der Waals surface area contributed by atoms with E-state index in [-0.39, 0.29) is 0 Å². The van der Waals surface area contributed by atoms with Crippen LogP contribution in [0.15, 0.2) is 43.4 Å². The van der Waals surface area contributed by atoms with E-state index in [1.54, 1.807) is 7.11 Å². The SMILES string of the molecule is C=C=O.C=C[Si](C)(C)O[Si](C)(C)O[Si](C)(C=C)O[Si](C)(CCCNCCN)O[Si](C)(C)C=C.CCOCCC[Si](C)(OC)O[Si](C)(C)CCCN. The van der Waals surface area contributed by atoms with Gasteiger partial charge in [0.15, 0.2) is 25.0 Å². The Kier molecular flexibility index (Phi) is 29.6. The molecule has 11 nitrogen and oxygen atoms in total. The molecule has 0 spiro atoms. The second kappa shape index (κ2) is 27.4. The molecular weight excluding hydrogens is 763 g/mol. The quantitative estimate of drug-likeness (QED) is 0.0421. The number of nitrogens with one attached hydrogen (secondary N) is 1. The molecule has 302 valence electrons. The van der Waals surface area contributed by atoms with Gasteiger partial charge in [-0.15, -0.1) is 19.7 Å². The normalized spacial score (nSPS) is 15.7. The van der Waals surface area contributed by atoms with Crippen LogP contribution in [0, 0.1) is 0 Å². The Balaban J connectivity index is -0.000000930. The molecule has 0 rings (SSSR count). The van der Waals surface area contributed by atoms with E-state index in [1.165, 1.54) is 5.94 Å². The molecule has 18 heteroatoms. The van der Waals surface area contributed by atoms with Crippen LogP contribution < -0.4 is 16.8 Å². The predicted octanol–water partition coefficient (Wildman–Crippen LogP) is 7.13. The van der Waals surface area contributed by atoms with Gasteiger partial charge in [-0.25, -0.2) is 4.79 Å². The zero-order valence-electron chi connectivity index (χ0n) is 35.0. The highest BCUT2D eigenvalue weighted by molar-refractivity contribution is 6.93. The van der Waals surface area contributed by atoms with Gasteiger partial charge in [0.2, 0.25) is 0 Å². The summed E-state index contributed by atoms with van der Waals surface area (Å²) in [7, 11) is -13.6. The van der Waals surface area contributed by atoms with E-state index in [0.717, 1.165) is 70.2 Å². The van der Waals surface area contributed by atoms with Crippen LogP contribution in [0.2, 0.25) is 90.1 Å². The number of ether oxygens (including phenoxy) is 1. The van der Waals surface area contributed by atoms with Crippen LogP contribution in [0.5, 0.6) is 0 Å². The fourth-order valence-electron chi connectivity index (χ4n) is 5.20. The molecule has 0 aromatic carbocycles. The standard InChI is InChI=1S/C19H46N2O4Si5.C12H31NO3Si2.C2H2O/c1-12-26(4,5)22-28(8,9)24-29(10,14-3)25-30(11,23-27(6,7)13-2)19-15-17-21-18-16-20;1-6-15-10-8-12-18(5,14-2)16-17(3,4)11-7-9-13;1-2-3/h12-14,21H,1-3,15-20H2,4-11H3;6-13H2,1-5H3;1H2. The van der Waals surface area contributed by atoms with Crippen molar-refractivity contribution in [3.8, 4) is 0 Å². The molecule has 0 amide bonds. The van der Waals surface area contributed by atoms with Crippen LogP contribution >= 0.6 is 0 Å². The molecule has 0 fully saturated rings. The molecular formula is C33H79N3O8Si7. The van der Waals surface area contributed by atoms with E-state index in [4.69, 9.17) is 46.0 Å². The van der Waals surface area contributed by atoms with Crippen molar-refractivity contribution >= 4 is 65.1 Å². The lowest BCUT2D eigenvalue weighted by Crippen LogP contribution is -2.60. The molecule has 0 aromatic rings. The molecule has 0 radical (unpaired) electrons. The molecule has 0 bridgehead atoms. The minimum Gasteiger partial charge on any atom is -0.436 e. The van der Waals surface area contributed by atoms with Gasteiger partial charge < -0.3 is 46.5 Å². The third-order valence-electron chi connectivity index (χ3n) is 7.54. The number of hydrogen-bond donors (Lipinski definition) is 3. The molecule has 5 N–H and O–H groups in total. The van der Waals surface area contributed by atoms with Gasteiger partial charge in [-0.3, -0.25) is 0 Å². The van der Waals surface area contributed by atoms with Gasteiger partial charge in [-0.2, -0.15) is 0 Å². The van der Waals surface area contributed by atoms with Crippen molar-refractivity contribution < 1.29 is 34.5 Å². The lowest BCUT2D eigenvalue weighted by molar-refractivity contribution is 0.145. The number of hydrogen-bond acceptors (Lipinski definition) is 11. The van der Waals surface area contributed by atoms with Crippen molar-refractivity contribution in [3.05, 3.63) is 43.4 Å². The molecule has 0 aliphatic carbocycles. The first-order chi connectivity index (χ1) is 23.4. The van der Waals surface area contributed by atoms with Crippen molar-refractivity contribution in [3.63, 3.8) is 0 Å². The Labute approximate surface area is 321 Å². The van der Waals surface area contributed by atoms with Gasteiger partial charge in [0, 0.05) is 33.4 Å². The number of rotatable bonds is 28. The van der Waals surface area contributed by atoms with Gasteiger partial charge in [-0.1, -0.05) is 17.1 Å². The van der Waals surface area contributed by atoms with E-state index in [2.05, 4.69) is 97.1 Å². The molecule has 0 aromatic heterocycles. The summed E-state index contributed by atoms with van der Waals surface area (Å²) in [5.41, 5.74) is 16.9. The first kappa shape index (κ1) is 55.1. The molecule has 3 unspecified atom stereocenters. The van der Waals surface area contributed by atoms with Gasteiger partial charge in [0.1, 0.15) is 5.94 Å². The van der Waals surface area contributed by atoms with Crippen LogP contribution in [0.1, 0.15) is 26.2 Å². The van der Waals surface area contributed by atoms with E-state index in [9.17, 15) is 0 Å². The summed E-state index contributed by atoms with van der Waals surface area (Å²) < 4.78 is 44.0. The summed E-state index contributed by atoms with van der Waals surface area (Å²) in [5, 5.41) is 3.35. The first-order valence-corrected chi connectivity index (χ1v) is 37.5. The smallest absolute Gasteiger partial charge is 0.343 e. The monoisotopic (exact) mass is 841 g/mol. The van der Waals surface area contributed by atoms with E-state index >= 15 is 0 Å². The van der Waals surface area contributed by atoms with Gasteiger partial charge in [0.25, 0.3) is 0 Å². The summed E-state index contributed by atoms with van der Waals surface area (Å²) in [5.74, 6) is 1.25. The lowest BCUT2D eigenvalue weighted by atomic mass is 10.5. The molecule has 0 aliphatic heterocycles. The lowest BCUT2D eigenvalue weighted by Gasteiger charge is -2.43. The zero-order chi connectivity index (χ0) is 40.5. The van der Waals surface area contributed by atoms with Crippen molar-refractivity contribution in [2.75, 3.05) is 46.5 Å². The van der Waals surface area contributed by atoms with E-state index in [0.29, 0.717) is 6.54 Å². The second-order valence-corrected chi connectivity index (χ2v) is 41.5. The molecule has 51 heavy (non-hydrogen) atoms. The molecule has 0 saturated heterocycles. The fraction of sp³-hybridized carbons (Fsp3) is 0.758. The minimum atomic E-state index is -2.72. The maximum Gasteiger partial charge on any atom is 0.343 e. The third kappa shape index (κ3) is 29.8. The summed E-state index contributed by atoms with van der Waals surface area (Å²) >= 11 is 0. The van der Waals surface area contributed by atoms with Crippen molar-refractivity contribution in [1.29, 1.82) is 0 Å². The maximum absolute atomic E-state index is 8.57. The Morgan fingerprint density at radius 3 is 1.65 bits per heavy atom. The third-order valence-corrected chi connectivity index (χ3v) is 34.0. The largest absolute Gasteiger partial charge is 0.436 e. The van der Waals surface area contributed by atoms with Crippen LogP contribution in [0.25, 0.3) is 0 Å². The number of carbonyl (C=O) groups excluding carboxylic acids is 1. The highest BCUT2D eigenvalue weighted by atomic mass is 28.5. The summed E-state index contributed by atoms with van der Waals surface area (Å²) in [4.78, 5) is 8.57. The first-order valence-electron chi connectivity index (χ1n) is 18.2. The highest BCUT2D eigenvalue weighted by Crippen LogP contribution is 2.30. The number of nitrogens with two attached hydrogens (primary N) is 2. The Hall–Kier alpha value is -0.212. The molecule has 3 atom stereocenters. The summed E-state index contributed by atoms with van der Waals surface area (Å²) in [6.45, 7) is 44.9. The van der Waals surface area contributed by atoms with Crippen LogP contribution in [-0.4, -0.2) is 112 Å². The van der Waals surface area contributed by atoms with Crippen molar-refractivity contribution in [2.24, 2.45) is 11.5 Å². The highest BCUT2D eigenvalue weighted by Gasteiger charge is 2.48. The Morgan fingerprint density at radius 1 is 0.667 bits per heavy atom. The predicted molar refractivity (Wildman–Crippen MR) is 235 cm³/mol. The summed E-state index contributed by atoms with van der Waals surface area (Å²) in [6.07, 6.45) is 3.03. The average molecular weight is 843 g/mol. The van der Waals surface area contributed by atoms with Gasteiger partial charge in [0.05, 0.1) is 0 Å². The molecule has 0 aliphatic rings. The zero-order valence-corrected chi connectivity index (χ0v) is 42.0. The second-order valence-electron chi connectivity index (χ2n) is 15.0. The van der Waals surface area contributed by atoms with Crippen LogP contribution in [0.4, 0.5) is 0 Å². The minimum absolute atomic E-state index is 0.636. The van der Waals surface area contributed by atoms with Crippen molar-refractivity contribution in [2.45, 2.75) is 116 Å². The van der Waals surface area contributed by atoms with Gasteiger partial charge in [-0.05, 0) is 136 Å². The maximum atomic E-state index is 8.57. The molecule has 0 saturated carbocycles. The fourth-order valence-corrected chi connectivity index (χ4v) is 34.5. The van der Waals surface area contributed by atoms with Crippen LogP contribution in [0.3, 0.4) is 0 Å². The summed E-state index contributed by atoms with van der Waals surface area (Å²) in [6, 6.07) is 2.98. The molecule has 0 heterocycles. The topological polar surface area (TPSA) is 146 Å². The Bertz CT molecular complexity index is 1010. The van der Waals surface area contributed by atoms with Gasteiger partial charge >= 0.3 is 34.2 Å². The Morgan fingerprint density at radius 2 is 1.20 bits per heavy atom. The van der Waals surface area contributed by atoms with Crippen LogP contribution in [-0.2, 0) is 34.5 Å².